The number of nitrogens with zero attached hydrogens (tertiary/aromatic N) is 3. The third-order valence-corrected chi connectivity index (χ3v) is 7.05. The van der Waals surface area contributed by atoms with Crippen molar-refractivity contribution in [3.63, 3.8) is 0 Å². The van der Waals surface area contributed by atoms with Gasteiger partial charge in [0, 0.05) is 17.7 Å². The lowest BCUT2D eigenvalue weighted by atomic mass is 9.48. The monoisotopic (exact) mass is 415 g/mol. The van der Waals surface area contributed by atoms with Crippen molar-refractivity contribution in [3.05, 3.63) is 23.4 Å². The van der Waals surface area contributed by atoms with Crippen LogP contribution in [0.3, 0.4) is 0 Å². The second-order valence-electron chi connectivity index (χ2n) is 9.25. The number of ether oxygens (including phenoxy) is 1. The number of nitriles is 1. The zero-order chi connectivity index (χ0) is 20.8. The lowest BCUT2D eigenvalue weighted by Crippen LogP contribution is -2.58. The molecule has 4 fully saturated rings. The normalized spacial score (nSPS) is 33.2. The van der Waals surface area contributed by atoms with Crippen molar-refractivity contribution in [1.29, 1.82) is 5.26 Å². The van der Waals surface area contributed by atoms with E-state index < -0.39 is 5.60 Å². The third-order valence-electron chi connectivity index (χ3n) is 6.83. The molecule has 3 N–H and O–H groups in total. The number of nitrogens with two attached hydrogens (primary N) is 1. The molecule has 1 heterocycles. The summed E-state index contributed by atoms with van der Waals surface area (Å²) in [5, 5.41) is 12.6. The Bertz CT molecular complexity index is 860. The van der Waals surface area contributed by atoms with E-state index >= 15 is 0 Å². The van der Waals surface area contributed by atoms with Crippen LogP contribution in [0.5, 0.6) is 5.88 Å². The molecular formula is C21H26ClN5O2. The van der Waals surface area contributed by atoms with Crippen molar-refractivity contribution in [1.82, 2.24) is 10.3 Å². The van der Waals surface area contributed by atoms with Gasteiger partial charge in [0.15, 0.2) is 17.6 Å². The highest BCUT2D eigenvalue weighted by atomic mass is 35.5. The number of amidine groups is 1. The molecule has 0 radical (unpaired) electrons. The molecule has 4 aliphatic rings. The van der Waals surface area contributed by atoms with Gasteiger partial charge in [0.05, 0.1) is 11.1 Å². The predicted octanol–water partition coefficient (Wildman–Crippen LogP) is 3.04. The molecule has 29 heavy (non-hydrogen) atoms. The molecule has 0 saturated heterocycles. The fourth-order valence-corrected chi connectivity index (χ4v) is 5.89. The van der Waals surface area contributed by atoms with Gasteiger partial charge in [-0.15, -0.1) is 0 Å². The van der Waals surface area contributed by atoms with Crippen LogP contribution >= 0.6 is 11.6 Å². The van der Waals surface area contributed by atoms with Crippen LogP contribution in [0.2, 0.25) is 5.02 Å². The number of hydrogen-bond acceptors (Lipinski definition) is 5. The van der Waals surface area contributed by atoms with E-state index in [0.29, 0.717) is 34.5 Å². The van der Waals surface area contributed by atoms with E-state index in [4.69, 9.17) is 27.1 Å². The van der Waals surface area contributed by atoms with Gasteiger partial charge in [0.1, 0.15) is 0 Å². The second-order valence-corrected chi connectivity index (χ2v) is 9.68. The fraction of sp³-hybridized carbons (Fsp3) is 0.619. The molecule has 0 spiro atoms. The summed E-state index contributed by atoms with van der Waals surface area (Å²) in [6.07, 6.45) is 8.16. The zero-order valence-electron chi connectivity index (χ0n) is 16.7. The number of amides is 1. The predicted molar refractivity (Wildman–Crippen MR) is 109 cm³/mol. The quantitative estimate of drug-likeness (QED) is 0.332. The Kier molecular flexibility index (Phi) is 4.94. The van der Waals surface area contributed by atoms with E-state index in [1.54, 1.807) is 12.1 Å². The van der Waals surface area contributed by atoms with Gasteiger partial charge in [-0.3, -0.25) is 15.1 Å². The number of nitrogens with one attached hydrogen (secondary N) is 1. The van der Waals surface area contributed by atoms with Gasteiger partial charge >= 0.3 is 0 Å². The van der Waals surface area contributed by atoms with Crippen molar-refractivity contribution in [2.45, 2.75) is 57.6 Å². The van der Waals surface area contributed by atoms with Crippen LogP contribution in [0.15, 0.2) is 23.3 Å². The van der Waals surface area contributed by atoms with Gasteiger partial charge in [0.2, 0.25) is 11.8 Å². The molecule has 154 valence electrons. The molecule has 1 amide bonds. The van der Waals surface area contributed by atoms with Crippen molar-refractivity contribution in [2.24, 2.45) is 33.9 Å². The molecule has 5 rings (SSSR count). The minimum absolute atomic E-state index is 0.0657. The van der Waals surface area contributed by atoms with Gasteiger partial charge in [-0.2, -0.15) is 5.26 Å². The number of primary amides is 1. The Morgan fingerprint density at radius 2 is 2.07 bits per heavy atom. The molecule has 8 heteroatoms. The highest BCUT2D eigenvalue weighted by Crippen LogP contribution is 2.60. The van der Waals surface area contributed by atoms with Crippen molar-refractivity contribution in [3.8, 4) is 12.1 Å². The van der Waals surface area contributed by atoms with Crippen LogP contribution in [0, 0.1) is 34.6 Å². The zero-order valence-corrected chi connectivity index (χ0v) is 17.4. The molecule has 0 aromatic carbocycles. The van der Waals surface area contributed by atoms with Gasteiger partial charge in [-0.1, -0.05) is 11.6 Å². The Hall–Kier alpha value is -2.33. The molecule has 4 saturated carbocycles. The fourth-order valence-electron chi connectivity index (χ4n) is 5.78. The van der Waals surface area contributed by atoms with Gasteiger partial charge in [0.25, 0.3) is 0 Å². The number of aromatic nitrogens is 1. The van der Waals surface area contributed by atoms with E-state index in [-0.39, 0.29) is 17.4 Å². The summed E-state index contributed by atoms with van der Waals surface area (Å²) in [5.74, 6) is 1.91. The number of halogens is 1. The minimum atomic E-state index is -0.882. The van der Waals surface area contributed by atoms with Crippen LogP contribution in [0.4, 0.5) is 0 Å². The second kappa shape index (κ2) is 7.17. The third kappa shape index (κ3) is 3.66. The summed E-state index contributed by atoms with van der Waals surface area (Å²) in [6, 6.07) is 3.46. The average Bonchev–Trinajstić information content (AvgIpc) is 2.65. The summed E-state index contributed by atoms with van der Waals surface area (Å²) in [6.45, 7) is 3.71. The molecule has 0 aliphatic heterocycles. The summed E-state index contributed by atoms with van der Waals surface area (Å²) >= 11 is 5.90. The maximum Gasteiger partial charge on any atom is 0.223 e. The molecule has 4 bridgehead atoms. The van der Waals surface area contributed by atoms with E-state index in [2.05, 4.69) is 10.3 Å². The highest BCUT2D eigenvalue weighted by Gasteiger charge is 2.58. The Morgan fingerprint density at radius 1 is 1.38 bits per heavy atom. The highest BCUT2D eigenvalue weighted by molar-refractivity contribution is 6.30. The smallest absolute Gasteiger partial charge is 0.223 e. The van der Waals surface area contributed by atoms with Crippen LogP contribution in [0.1, 0.15) is 46.0 Å². The topological polar surface area (TPSA) is 113 Å². The van der Waals surface area contributed by atoms with Crippen molar-refractivity contribution < 1.29 is 9.53 Å². The Labute approximate surface area is 175 Å². The standard InChI is InChI=1S/C21H26ClN5O2/c1-20(2,29-16-4-3-15(22)10-25-16)19(26-11-23)27-17-13-5-12-6-14(17)9-21(7-12,8-13)18(24)28/h3-4,10,12-14,17H,5-9H2,1-2H3,(H2,24,28)(H,26,27). The molecule has 7 nitrogen and oxygen atoms in total. The Morgan fingerprint density at radius 3 is 2.62 bits per heavy atom. The largest absolute Gasteiger partial charge is 0.463 e. The maximum absolute atomic E-state index is 12.2. The van der Waals surface area contributed by atoms with E-state index in [1.807, 2.05) is 20.0 Å². The van der Waals surface area contributed by atoms with Crippen molar-refractivity contribution in [2.75, 3.05) is 0 Å². The first-order valence-electron chi connectivity index (χ1n) is 10.1. The molecule has 4 aliphatic carbocycles. The summed E-state index contributed by atoms with van der Waals surface area (Å²) in [7, 11) is 0. The number of pyridine rings is 1. The van der Waals surface area contributed by atoms with Crippen LogP contribution in [0.25, 0.3) is 0 Å². The first kappa shape index (κ1) is 20.0. The lowest BCUT2D eigenvalue weighted by molar-refractivity contribution is -0.144. The molecule has 1 aromatic rings. The Balaban J connectivity index is 1.59. The van der Waals surface area contributed by atoms with Crippen LogP contribution in [-0.4, -0.2) is 28.4 Å². The SMILES string of the molecule is CC(C)(Oc1ccc(Cl)cn1)C(=NC1C2CC3CC1CC(C(N)=O)(C3)C2)NC#N. The van der Waals surface area contributed by atoms with E-state index in [1.165, 1.54) is 6.20 Å². The molecule has 2 atom stereocenters. The van der Waals surface area contributed by atoms with Gasteiger partial charge < -0.3 is 10.5 Å². The number of carbonyl (C=O) groups excluding carboxylic acids is 1. The first-order valence-corrected chi connectivity index (χ1v) is 10.4. The minimum Gasteiger partial charge on any atom is -0.463 e. The summed E-state index contributed by atoms with van der Waals surface area (Å²) in [4.78, 5) is 21.3. The number of hydrogen-bond donors (Lipinski definition) is 2. The maximum atomic E-state index is 12.2. The van der Waals surface area contributed by atoms with E-state index in [0.717, 1.165) is 32.1 Å². The lowest BCUT2D eigenvalue weighted by Gasteiger charge is -2.57. The van der Waals surface area contributed by atoms with Gasteiger partial charge in [-0.05, 0) is 69.8 Å². The van der Waals surface area contributed by atoms with Gasteiger partial charge in [-0.25, -0.2) is 4.98 Å². The average molecular weight is 416 g/mol. The van der Waals surface area contributed by atoms with Crippen molar-refractivity contribution >= 4 is 23.3 Å². The molecule has 1 aromatic heterocycles. The molecule has 2 unspecified atom stereocenters. The first-order chi connectivity index (χ1) is 13.7. The summed E-state index contributed by atoms with van der Waals surface area (Å²) in [5.41, 5.74) is 4.55. The number of rotatable bonds is 5. The summed E-state index contributed by atoms with van der Waals surface area (Å²) < 4.78 is 6.03. The van der Waals surface area contributed by atoms with Crippen LogP contribution in [-0.2, 0) is 4.79 Å². The number of aliphatic imine (C=N–C) groups is 1. The van der Waals surface area contributed by atoms with E-state index in [9.17, 15) is 10.1 Å². The number of carbonyl (C=O) groups is 1. The molecular weight excluding hydrogens is 390 g/mol. The van der Waals surface area contributed by atoms with Crippen LogP contribution < -0.4 is 15.8 Å².